The standard InChI is InChI=1S/C20H30N2O2.C15H22N2.C15H19NO3.C14H18BrNO2.C9H10BrN/c1-20(2,3)24-19(23)21-18-12-16-8-7-15(11-17(16)13-18)14-22-9-5-4-6-10-22;16-15-9-13-5-4-12(8-14(13)10-15)11-17-6-2-1-3-7-17;1-15(2,3)19-14(18)16-13-7-11-5-4-10(9-17)6-12(11)8-13;1-14(2,3)18-13(17)16-12-7-9-4-5-11(15)6-10(9)8-12;10-8-2-1-6-4-9(11)5-7(6)3-8/h7-8,11,18H,4-6,9-10,12-14H2,1-3H3,(H,21,23);4-5,8,15H,1-3,6-7,9-11,16H2;4-6,9,13H,7-8H2,1-3H3,(H,16,18);4-6,12H,7-8H2,1-3H3,(H,16,17);1-3,9H,4-5,11H2. The molecule has 0 saturated carbocycles. The lowest BCUT2D eigenvalue weighted by atomic mass is 10.0. The number of hydrogen-bond donors (Lipinski definition) is 5. The largest absolute Gasteiger partial charge is 0.444 e. The van der Waals surface area contributed by atoms with Crippen molar-refractivity contribution in [2.45, 2.75) is 225 Å². The molecule has 2 heterocycles. The van der Waals surface area contributed by atoms with E-state index in [4.69, 9.17) is 25.7 Å². The molecule has 12 rings (SSSR count). The Hall–Kier alpha value is -5.62. The Morgan fingerprint density at radius 1 is 0.427 bits per heavy atom. The topological polar surface area (TPSA) is 191 Å². The zero-order valence-corrected chi connectivity index (χ0v) is 57.5. The van der Waals surface area contributed by atoms with Crippen LogP contribution in [0.3, 0.4) is 0 Å². The molecule has 5 aromatic carbocycles. The molecule has 5 aliphatic carbocycles. The van der Waals surface area contributed by atoms with E-state index in [-0.39, 0.29) is 36.4 Å². The Bertz CT molecular complexity index is 3210. The zero-order chi connectivity index (χ0) is 64.0. The van der Waals surface area contributed by atoms with Gasteiger partial charge >= 0.3 is 18.3 Å². The van der Waals surface area contributed by atoms with E-state index in [2.05, 4.69) is 124 Å². The first-order chi connectivity index (χ1) is 42.2. The van der Waals surface area contributed by atoms with Gasteiger partial charge in [-0.05, 0) is 275 Å². The maximum Gasteiger partial charge on any atom is 0.407 e. The molecule has 0 radical (unpaired) electrons. The second kappa shape index (κ2) is 31.6. The number of nitrogens with one attached hydrogen (secondary N) is 3. The molecule has 5 aromatic rings. The van der Waals surface area contributed by atoms with E-state index in [0.29, 0.717) is 17.6 Å². The van der Waals surface area contributed by atoms with E-state index in [1.807, 2.05) is 86.6 Å². The van der Waals surface area contributed by atoms with Gasteiger partial charge in [0.15, 0.2) is 0 Å². The number of carbonyl (C=O) groups excluding carboxylic acids is 4. The molecule has 7 N–H and O–H groups in total. The summed E-state index contributed by atoms with van der Waals surface area (Å²) in [5.41, 5.74) is 27.4. The molecule has 5 unspecified atom stereocenters. The quantitative estimate of drug-likeness (QED) is 0.0734. The molecule has 0 spiro atoms. The van der Waals surface area contributed by atoms with Crippen molar-refractivity contribution in [3.05, 3.63) is 172 Å². The normalized spacial score (nSPS) is 20.7. The number of ether oxygens (including phenoxy) is 3. The molecule has 16 heteroatoms. The maximum atomic E-state index is 12.0. The van der Waals surface area contributed by atoms with E-state index >= 15 is 0 Å². The van der Waals surface area contributed by atoms with Crippen LogP contribution in [0.2, 0.25) is 0 Å². The van der Waals surface area contributed by atoms with Crippen LogP contribution in [0.4, 0.5) is 14.4 Å². The van der Waals surface area contributed by atoms with Crippen LogP contribution in [-0.4, -0.2) is 108 Å². The van der Waals surface area contributed by atoms with E-state index in [9.17, 15) is 19.2 Å². The summed E-state index contributed by atoms with van der Waals surface area (Å²) in [7, 11) is 0. The predicted molar refractivity (Wildman–Crippen MR) is 364 cm³/mol. The predicted octanol–water partition coefficient (Wildman–Crippen LogP) is 13.6. The molecule has 2 saturated heterocycles. The second-order valence-electron chi connectivity index (χ2n) is 28.4. The van der Waals surface area contributed by atoms with Crippen LogP contribution in [0.1, 0.15) is 178 Å². The number of piperidine rings is 2. The molecule has 0 aromatic heterocycles. The highest BCUT2D eigenvalue weighted by atomic mass is 79.9. The summed E-state index contributed by atoms with van der Waals surface area (Å²) in [4.78, 5) is 51.2. The fraction of sp³-hybridized carbons (Fsp3) is 0.534. The minimum atomic E-state index is -0.486. The summed E-state index contributed by atoms with van der Waals surface area (Å²) < 4.78 is 18.1. The summed E-state index contributed by atoms with van der Waals surface area (Å²) in [6.07, 6.45) is 17.3. The van der Waals surface area contributed by atoms with Crippen molar-refractivity contribution in [3.8, 4) is 0 Å². The maximum absolute atomic E-state index is 12.0. The van der Waals surface area contributed by atoms with Gasteiger partial charge in [0.05, 0.1) is 0 Å². The number of nitrogens with zero attached hydrogens (tertiary/aromatic N) is 2. The fourth-order valence-electron chi connectivity index (χ4n) is 13.0. The summed E-state index contributed by atoms with van der Waals surface area (Å²) in [6.45, 7) is 24.0. The number of likely N-dealkylation sites (tertiary alicyclic amines) is 2. The van der Waals surface area contributed by atoms with Crippen molar-refractivity contribution in [2.24, 2.45) is 11.5 Å². The number of halogens is 2. The molecular formula is C73H99Br2N7O7. The summed E-state index contributed by atoms with van der Waals surface area (Å²) in [5, 5.41) is 8.81. The van der Waals surface area contributed by atoms with E-state index in [1.165, 1.54) is 126 Å². The molecule has 0 bridgehead atoms. The Balaban J connectivity index is 0.000000146. The summed E-state index contributed by atoms with van der Waals surface area (Å²) in [6, 6.07) is 33.2. The Labute approximate surface area is 547 Å². The average Bonchev–Trinajstić information content (AvgIpc) is 2.39. The number of amides is 3. The number of fused-ring (bicyclic) bond motifs is 5. The number of aldehydes is 1. The van der Waals surface area contributed by atoms with Crippen LogP contribution >= 0.6 is 31.9 Å². The molecule has 7 aliphatic rings. The van der Waals surface area contributed by atoms with E-state index in [1.54, 1.807) is 0 Å². The van der Waals surface area contributed by atoms with Crippen molar-refractivity contribution >= 4 is 56.4 Å². The number of carbonyl (C=O) groups is 4. The number of hydrogen-bond acceptors (Lipinski definition) is 11. The average molecular weight is 1350 g/mol. The fourth-order valence-corrected chi connectivity index (χ4v) is 13.8. The van der Waals surface area contributed by atoms with Crippen LogP contribution < -0.4 is 27.4 Å². The first kappa shape index (κ1) is 69.3. The lowest BCUT2D eigenvalue weighted by Crippen LogP contribution is -2.39. The molecule has 89 heavy (non-hydrogen) atoms. The molecule has 482 valence electrons. The van der Waals surface area contributed by atoms with Crippen molar-refractivity contribution in [3.63, 3.8) is 0 Å². The van der Waals surface area contributed by atoms with Crippen molar-refractivity contribution < 1.29 is 33.4 Å². The third-order valence-electron chi connectivity index (χ3n) is 16.8. The Morgan fingerprint density at radius 3 is 1.09 bits per heavy atom. The highest BCUT2D eigenvalue weighted by Crippen LogP contribution is 2.30. The van der Waals surface area contributed by atoms with Gasteiger partial charge in [0.25, 0.3) is 0 Å². The van der Waals surface area contributed by atoms with Crippen molar-refractivity contribution in [1.82, 2.24) is 25.8 Å². The molecular weight excluding hydrogens is 1250 g/mol. The van der Waals surface area contributed by atoms with Gasteiger partial charge in [-0.3, -0.25) is 14.6 Å². The minimum Gasteiger partial charge on any atom is -0.444 e. The van der Waals surface area contributed by atoms with Gasteiger partial charge in [0.2, 0.25) is 0 Å². The van der Waals surface area contributed by atoms with Gasteiger partial charge in [-0.1, -0.05) is 105 Å². The van der Waals surface area contributed by atoms with Gasteiger partial charge in [-0.25, -0.2) is 14.4 Å². The van der Waals surface area contributed by atoms with Crippen LogP contribution in [0, 0.1) is 0 Å². The van der Waals surface area contributed by atoms with Gasteiger partial charge < -0.3 is 41.6 Å². The molecule has 2 aliphatic heterocycles. The number of alkyl carbamates (subject to hydrolysis) is 3. The zero-order valence-electron chi connectivity index (χ0n) is 54.3. The van der Waals surface area contributed by atoms with Gasteiger partial charge in [-0.15, -0.1) is 0 Å². The number of nitrogens with two attached hydrogens (primary N) is 2. The highest BCUT2D eigenvalue weighted by molar-refractivity contribution is 9.10. The van der Waals surface area contributed by atoms with Crippen LogP contribution in [0.25, 0.3) is 0 Å². The van der Waals surface area contributed by atoms with Crippen molar-refractivity contribution in [2.75, 3.05) is 26.2 Å². The van der Waals surface area contributed by atoms with E-state index < -0.39 is 16.8 Å². The minimum absolute atomic E-state index is 0.0479. The third-order valence-corrected chi connectivity index (χ3v) is 17.8. The van der Waals surface area contributed by atoms with Crippen molar-refractivity contribution in [1.29, 1.82) is 0 Å². The van der Waals surface area contributed by atoms with Crippen LogP contribution in [0.15, 0.2) is 99.9 Å². The third kappa shape index (κ3) is 22.9. The molecule has 3 amide bonds. The monoisotopic (exact) mass is 1340 g/mol. The summed E-state index contributed by atoms with van der Waals surface area (Å²) in [5.74, 6) is 0. The molecule has 5 atom stereocenters. The van der Waals surface area contributed by atoms with Crippen LogP contribution in [-0.2, 0) is 91.5 Å². The lowest BCUT2D eigenvalue weighted by molar-refractivity contribution is 0.0494. The van der Waals surface area contributed by atoms with Gasteiger partial charge in [-0.2, -0.15) is 0 Å². The summed E-state index contributed by atoms with van der Waals surface area (Å²) >= 11 is 6.91. The van der Waals surface area contributed by atoms with Crippen LogP contribution in [0.5, 0.6) is 0 Å². The molecule has 2 fully saturated rings. The first-order valence-corrected chi connectivity index (χ1v) is 34.0. The van der Waals surface area contributed by atoms with Gasteiger partial charge in [0, 0.05) is 57.8 Å². The lowest BCUT2D eigenvalue weighted by Gasteiger charge is -2.26. The second-order valence-corrected chi connectivity index (χ2v) is 30.3. The number of rotatable bonds is 8. The smallest absolute Gasteiger partial charge is 0.407 e. The van der Waals surface area contributed by atoms with E-state index in [0.717, 1.165) is 98.1 Å². The SMILES string of the molecule is CC(C)(C)OC(=O)NC1Cc2ccc(Br)cc2C1.CC(C)(C)OC(=O)NC1Cc2ccc(C=O)cc2C1.CC(C)(C)OC(=O)NC1Cc2ccc(CN3CCCCC3)cc2C1.NC1Cc2ccc(Br)cc2C1.NC1Cc2ccc(CN3CCCCC3)cc2C1. The highest BCUT2D eigenvalue weighted by Gasteiger charge is 2.29. The Kier molecular flexibility index (Phi) is 24.6. The Morgan fingerprint density at radius 2 is 0.719 bits per heavy atom. The number of benzene rings is 5. The first-order valence-electron chi connectivity index (χ1n) is 32.4. The van der Waals surface area contributed by atoms with Gasteiger partial charge in [0.1, 0.15) is 23.1 Å². The molecule has 14 nitrogen and oxygen atoms in total.